The molecular formula is C9H10BrNO3. The summed E-state index contributed by atoms with van der Waals surface area (Å²) in [6.45, 7) is 1.95. The number of phenols is 1. The van der Waals surface area contributed by atoms with E-state index in [9.17, 15) is 5.11 Å². The van der Waals surface area contributed by atoms with Crippen LogP contribution in [-0.2, 0) is 0 Å². The fourth-order valence-electron chi connectivity index (χ4n) is 1.45. The van der Waals surface area contributed by atoms with Gasteiger partial charge in [0, 0.05) is 12.1 Å². The van der Waals surface area contributed by atoms with Gasteiger partial charge in [-0.15, -0.1) is 0 Å². The van der Waals surface area contributed by atoms with E-state index < -0.39 is 0 Å². The second-order valence-corrected chi connectivity index (χ2v) is 4.00. The van der Waals surface area contributed by atoms with Crippen LogP contribution in [0.5, 0.6) is 17.2 Å². The van der Waals surface area contributed by atoms with Crippen LogP contribution in [0.25, 0.3) is 0 Å². The minimum atomic E-state index is -0.303. The number of hydrogen-bond acceptors (Lipinski definition) is 4. The molecule has 76 valence electrons. The van der Waals surface area contributed by atoms with Gasteiger partial charge in [0.05, 0.1) is 10.0 Å². The van der Waals surface area contributed by atoms with Gasteiger partial charge in [-0.2, -0.15) is 0 Å². The Morgan fingerprint density at radius 2 is 2.29 bits per heavy atom. The molecule has 0 aromatic heterocycles. The van der Waals surface area contributed by atoms with Gasteiger partial charge in [0.25, 0.3) is 0 Å². The third kappa shape index (κ3) is 1.33. The zero-order chi connectivity index (χ0) is 10.3. The molecule has 3 N–H and O–H groups in total. The molecule has 0 saturated heterocycles. The van der Waals surface area contributed by atoms with E-state index >= 15 is 0 Å². The Hall–Kier alpha value is -0.940. The van der Waals surface area contributed by atoms with Crippen LogP contribution in [0, 0.1) is 0 Å². The highest BCUT2D eigenvalue weighted by Gasteiger charge is 2.25. The fraction of sp³-hybridized carbons (Fsp3) is 0.333. The van der Waals surface area contributed by atoms with Crippen molar-refractivity contribution in [3.63, 3.8) is 0 Å². The average molecular weight is 260 g/mol. The number of phenolic OH excluding ortho intramolecular Hbond substituents is 1. The van der Waals surface area contributed by atoms with E-state index in [0.29, 0.717) is 21.5 Å². The van der Waals surface area contributed by atoms with Crippen molar-refractivity contribution < 1.29 is 14.6 Å². The summed E-state index contributed by atoms with van der Waals surface area (Å²) < 4.78 is 11.0. The molecule has 4 nitrogen and oxygen atoms in total. The summed E-state index contributed by atoms with van der Waals surface area (Å²) in [4.78, 5) is 0. The minimum absolute atomic E-state index is 0.115. The SMILES string of the molecule is CC(N)c1c(O)c(Br)cc2c1OCO2. The topological polar surface area (TPSA) is 64.7 Å². The fourth-order valence-corrected chi connectivity index (χ4v) is 1.87. The molecule has 1 aliphatic rings. The van der Waals surface area contributed by atoms with Crippen LogP contribution in [0.15, 0.2) is 10.5 Å². The summed E-state index contributed by atoms with van der Waals surface area (Å²) in [7, 11) is 0. The van der Waals surface area contributed by atoms with Crippen molar-refractivity contribution >= 4 is 15.9 Å². The highest BCUT2D eigenvalue weighted by Crippen LogP contribution is 2.46. The van der Waals surface area contributed by atoms with Gasteiger partial charge in [-0.3, -0.25) is 0 Å². The predicted molar refractivity (Wildman–Crippen MR) is 54.5 cm³/mol. The molecule has 1 aromatic carbocycles. The van der Waals surface area contributed by atoms with Gasteiger partial charge in [0.15, 0.2) is 11.5 Å². The Balaban J connectivity index is 2.66. The number of halogens is 1. The van der Waals surface area contributed by atoms with Gasteiger partial charge in [0.2, 0.25) is 6.79 Å². The molecular weight excluding hydrogens is 250 g/mol. The Morgan fingerprint density at radius 1 is 1.57 bits per heavy atom. The highest BCUT2D eigenvalue weighted by atomic mass is 79.9. The highest BCUT2D eigenvalue weighted by molar-refractivity contribution is 9.10. The summed E-state index contributed by atoms with van der Waals surface area (Å²) in [6, 6.07) is 1.37. The molecule has 0 radical (unpaired) electrons. The largest absolute Gasteiger partial charge is 0.506 e. The van der Waals surface area contributed by atoms with Crippen LogP contribution in [0.2, 0.25) is 0 Å². The van der Waals surface area contributed by atoms with E-state index in [-0.39, 0.29) is 18.6 Å². The number of hydrogen-bond donors (Lipinski definition) is 2. The Labute approximate surface area is 89.7 Å². The number of benzene rings is 1. The van der Waals surface area contributed by atoms with E-state index in [4.69, 9.17) is 15.2 Å². The third-order valence-electron chi connectivity index (χ3n) is 2.08. The van der Waals surface area contributed by atoms with Crippen molar-refractivity contribution in [3.05, 3.63) is 16.1 Å². The summed E-state index contributed by atoms with van der Waals surface area (Å²) >= 11 is 3.23. The van der Waals surface area contributed by atoms with E-state index in [1.807, 2.05) is 0 Å². The van der Waals surface area contributed by atoms with E-state index in [0.717, 1.165) is 0 Å². The zero-order valence-corrected chi connectivity index (χ0v) is 9.17. The molecule has 2 rings (SSSR count). The number of ether oxygens (including phenoxy) is 2. The monoisotopic (exact) mass is 259 g/mol. The average Bonchev–Trinajstić information content (AvgIpc) is 2.52. The lowest BCUT2D eigenvalue weighted by molar-refractivity contribution is 0.173. The number of fused-ring (bicyclic) bond motifs is 1. The van der Waals surface area contributed by atoms with Crippen LogP contribution < -0.4 is 15.2 Å². The third-order valence-corrected chi connectivity index (χ3v) is 2.69. The first-order chi connectivity index (χ1) is 6.61. The van der Waals surface area contributed by atoms with Crippen molar-refractivity contribution in [2.24, 2.45) is 5.73 Å². The van der Waals surface area contributed by atoms with Gasteiger partial charge in [-0.05, 0) is 22.9 Å². The number of aromatic hydroxyl groups is 1. The van der Waals surface area contributed by atoms with Gasteiger partial charge in [0.1, 0.15) is 5.75 Å². The van der Waals surface area contributed by atoms with Gasteiger partial charge in [-0.25, -0.2) is 0 Å². The summed E-state index contributed by atoms with van der Waals surface area (Å²) in [5, 5.41) is 9.77. The first-order valence-corrected chi connectivity index (χ1v) is 4.97. The van der Waals surface area contributed by atoms with E-state index in [2.05, 4.69) is 15.9 Å². The van der Waals surface area contributed by atoms with Crippen LogP contribution in [-0.4, -0.2) is 11.9 Å². The second-order valence-electron chi connectivity index (χ2n) is 3.14. The normalized spacial score (nSPS) is 15.6. The quantitative estimate of drug-likeness (QED) is 0.809. The maximum atomic E-state index is 9.77. The smallest absolute Gasteiger partial charge is 0.231 e. The summed E-state index contributed by atoms with van der Waals surface area (Å²) in [5.41, 5.74) is 6.32. The van der Waals surface area contributed by atoms with Crippen molar-refractivity contribution in [1.29, 1.82) is 0 Å². The Morgan fingerprint density at radius 3 is 2.93 bits per heavy atom. The molecule has 0 fully saturated rings. The molecule has 1 aromatic rings. The molecule has 1 unspecified atom stereocenters. The van der Waals surface area contributed by atoms with Crippen molar-refractivity contribution in [3.8, 4) is 17.2 Å². The zero-order valence-electron chi connectivity index (χ0n) is 7.58. The van der Waals surface area contributed by atoms with Crippen molar-refractivity contribution in [2.45, 2.75) is 13.0 Å². The first kappa shape index (κ1) is 9.61. The summed E-state index contributed by atoms with van der Waals surface area (Å²) in [6.07, 6.45) is 0. The van der Waals surface area contributed by atoms with Crippen molar-refractivity contribution in [1.82, 2.24) is 0 Å². The Bertz CT molecular complexity index is 379. The summed E-state index contributed by atoms with van der Waals surface area (Å²) in [5.74, 6) is 1.27. The lowest BCUT2D eigenvalue weighted by Gasteiger charge is -2.12. The van der Waals surface area contributed by atoms with Gasteiger partial charge < -0.3 is 20.3 Å². The molecule has 0 spiro atoms. The molecule has 1 atom stereocenters. The van der Waals surface area contributed by atoms with Crippen molar-refractivity contribution in [2.75, 3.05) is 6.79 Å². The lowest BCUT2D eigenvalue weighted by atomic mass is 10.1. The molecule has 0 saturated carbocycles. The Kier molecular flexibility index (Phi) is 2.28. The maximum absolute atomic E-state index is 9.77. The molecule has 0 amide bonds. The molecule has 1 aliphatic heterocycles. The lowest BCUT2D eigenvalue weighted by Crippen LogP contribution is -2.07. The maximum Gasteiger partial charge on any atom is 0.231 e. The molecule has 0 aliphatic carbocycles. The second kappa shape index (κ2) is 3.33. The number of nitrogens with two attached hydrogens (primary N) is 1. The molecule has 0 bridgehead atoms. The van der Waals surface area contributed by atoms with E-state index in [1.165, 1.54) is 0 Å². The van der Waals surface area contributed by atoms with E-state index in [1.54, 1.807) is 13.0 Å². The number of rotatable bonds is 1. The molecule has 1 heterocycles. The standard InChI is InChI=1S/C9H10BrNO3/c1-4(11)7-8(12)5(10)2-6-9(7)14-3-13-6/h2,4,12H,3,11H2,1H3. The molecule has 14 heavy (non-hydrogen) atoms. The first-order valence-electron chi connectivity index (χ1n) is 4.17. The predicted octanol–water partition coefficient (Wildman–Crippen LogP) is 1.90. The van der Waals surface area contributed by atoms with Crippen LogP contribution in [0.4, 0.5) is 0 Å². The van der Waals surface area contributed by atoms with Crippen LogP contribution >= 0.6 is 15.9 Å². The van der Waals surface area contributed by atoms with Gasteiger partial charge >= 0.3 is 0 Å². The van der Waals surface area contributed by atoms with Crippen LogP contribution in [0.3, 0.4) is 0 Å². The minimum Gasteiger partial charge on any atom is -0.506 e. The van der Waals surface area contributed by atoms with Crippen LogP contribution in [0.1, 0.15) is 18.5 Å². The molecule has 5 heteroatoms. The van der Waals surface area contributed by atoms with Gasteiger partial charge in [-0.1, -0.05) is 0 Å².